The largest absolute Gasteiger partial charge is 0.507 e. The molecule has 152 valence electrons. The van der Waals surface area contributed by atoms with E-state index in [0.717, 1.165) is 0 Å². The van der Waals surface area contributed by atoms with E-state index in [1.54, 1.807) is 42.5 Å². The Hall–Kier alpha value is -2.33. The van der Waals surface area contributed by atoms with Crippen LogP contribution >= 0.6 is 35.6 Å². The van der Waals surface area contributed by atoms with Crippen LogP contribution in [0.4, 0.5) is 10.5 Å². The van der Waals surface area contributed by atoms with Gasteiger partial charge in [0.25, 0.3) is 0 Å². The van der Waals surface area contributed by atoms with Crippen molar-refractivity contribution >= 4 is 57.8 Å². The summed E-state index contributed by atoms with van der Waals surface area (Å²) in [5.74, 6) is 0.0613. The average Bonchev–Trinajstić information content (AvgIpc) is 2.90. The molecule has 3 rings (SSSR count). The summed E-state index contributed by atoms with van der Waals surface area (Å²) in [6, 6.07) is 12.5. The van der Waals surface area contributed by atoms with Gasteiger partial charge in [-0.15, -0.1) is 0 Å². The smallest absolute Gasteiger partial charge is 0.347 e. The van der Waals surface area contributed by atoms with Crippen molar-refractivity contribution in [3.05, 3.63) is 59.1 Å². The lowest BCUT2D eigenvalue weighted by Crippen LogP contribution is -2.54. The summed E-state index contributed by atoms with van der Waals surface area (Å²) >= 11 is 12.6. The van der Waals surface area contributed by atoms with Crippen LogP contribution in [0, 0.1) is 0 Å². The second-order valence-corrected chi connectivity index (χ2v) is 9.50. The highest BCUT2D eigenvalue weighted by Gasteiger charge is 2.50. The Morgan fingerprint density at radius 1 is 1.31 bits per heavy atom. The topological polar surface area (TPSA) is 88.4 Å². The fourth-order valence-corrected chi connectivity index (χ4v) is 4.69. The van der Waals surface area contributed by atoms with Gasteiger partial charge in [-0.3, -0.25) is 5.21 Å². The van der Waals surface area contributed by atoms with Gasteiger partial charge < -0.3 is 10.4 Å². The van der Waals surface area contributed by atoms with E-state index in [2.05, 4.69) is 10.4 Å². The highest BCUT2D eigenvalue weighted by molar-refractivity contribution is 8.24. The number of halogens is 1. The third-order valence-electron chi connectivity index (χ3n) is 4.18. The Balaban J connectivity index is 1.83. The lowest BCUT2D eigenvalue weighted by molar-refractivity contribution is -0.114. The van der Waals surface area contributed by atoms with E-state index in [4.69, 9.17) is 23.8 Å². The number of phenolic OH excluding ortho intramolecular Hbond substituents is 1. The quantitative estimate of drug-likeness (QED) is 0.270. The lowest BCUT2D eigenvalue weighted by atomic mass is 10.1. The highest BCUT2D eigenvalue weighted by Crippen LogP contribution is 2.42. The van der Waals surface area contributed by atoms with Crippen LogP contribution in [0.3, 0.4) is 0 Å². The number of hydrogen-bond donors (Lipinski definition) is 3. The van der Waals surface area contributed by atoms with Gasteiger partial charge in [0.05, 0.1) is 11.0 Å². The molecule has 1 saturated heterocycles. The van der Waals surface area contributed by atoms with Crippen LogP contribution in [-0.2, 0) is 0 Å². The van der Waals surface area contributed by atoms with Crippen LogP contribution in [0.15, 0.2) is 53.6 Å². The number of para-hydroxylation sites is 1. The zero-order valence-corrected chi connectivity index (χ0v) is 18.0. The number of benzene rings is 2. The van der Waals surface area contributed by atoms with Crippen LogP contribution in [0.25, 0.3) is 0 Å². The first kappa shape index (κ1) is 21.4. The Morgan fingerprint density at radius 2 is 1.97 bits per heavy atom. The minimum absolute atomic E-state index is 0.0613. The van der Waals surface area contributed by atoms with Crippen LogP contribution < -0.4 is 5.32 Å². The van der Waals surface area contributed by atoms with E-state index in [9.17, 15) is 15.1 Å². The molecule has 2 aromatic carbocycles. The first-order chi connectivity index (χ1) is 13.7. The third kappa shape index (κ3) is 4.81. The van der Waals surface area contributed by atoms with Crippen molar-refractivity contribution in [2.75, 3.05) is 5.32 Å². The molecule has 10 heteroatoms. The van der Waals surface area contributed by atoms with Crippen molar-refractivity contribution in [1.82, 2.24) is 10.1 Å². The molecule has 1 fully saturated rings. The van der Waals surface area contributed by atoms with Crippen molar-refractivity contribution in [1.29, 1.82) is 0 Å². The standard InChI is InChI=1S/C19H19ClN4O3S2/c1-19(2)16(24(27)17(26)22-14-9-7-13(20)8-10-14)23(18(28)29-19)21-11-12-5-3-4-6-15(12)25/h3-11,16,25,27H,1-2H3,(H,22,26)/b21-11+. The normalized spacial score (nSPS) is 18.3. The minimum Gasteiger partial charge on any atom is -0.507 e. The summed E-state index contributed by atoms with van der Waals surface area (Å²) in [7, 11) is 0. The number of carbonyl (C=O) groups is 1. The Morgan fingerprint density at radius 3 is 2.62 bits per heavy atom. The fourth-order valence-electron chi connectivity index (χ4n) is 2.77. The van der Waals surface area contributed by atoms with Crippen LogP contribution in [-0.4, -0.2) is 47.9 Å². The molecule has 0 aromatic heterocycles. The predicted octanol–water partition coefficient (Wildman–Crippen LogP) is 4.74. The maximum absolute atomic E-state index is 12.6. The van der Waals surface area contributed by atoms with Gasteiger partial charge in [0.2, 0.25) is 0 Å². The molecular weight excluding hydrogens is 432 g/mol. The second kappa shape index (κ2) is 8.58. The Labute approximate surface area is 182 Å². The first-order valence-corrected chi connectivity index (χ1v) is 10.2. The summed E-state index contributed by atoms with van der Waals surface area (Å²) in [6.07, 6.45) is 0.566. The van der Waals surface area contributed by atoms with Gasteiger partial charge >= 0.3 is 6.03 Å². The predicted molar refractivity (Wildman–Crippen MR) is 120 cm³/mol. The zero-order valence-electron chi connectivity index (χ0n) is 15.6. The van der Waals surface area contributed by atoms with Gasteiger partial charge in [-0.25, -0.2) is 9.80 Å². The number of anilines is 1. The highest BCUT2D eigenvalue weighted by atomic mass is 35.5. The van der Waals surface area contributed by atoms with E-state index in [-0.39, 0.29) is 5.75 Å². The number of nitrogens with one attached hydrogen (secondary N) is 1. The summed E-state index contributed by atoms with van der Waals surface area (Å²) in [5, 5.41) is 30.0. The van der Waals surface area contributed by atoms with Crippen molar-refractivity contribution in [2.45, 2.75) is 24.8 Å². The number of carbonyl (C=O) groups excluding carboxylic acids is 1. The second-order valence-electron chi connectivity index (χ2n) is 6.77. The van der Waals surface area contributed by atoms with E-state index >= 15 is 0 Å². The van der Waals surface area contributed by atoms with E-state index < -0.39 is 16.9 Å². The van der Waals surface area contributed by atoms with Crippen molar-refractivity contribution < 1.29 is 15.1 Å². The number of thioether (sulfide) groups is 1. The molecule has 2 aromatic rings. The number of hydroxylamine groups is 2. The minimum atomic E-state index is -0.866. The van der Waals surface area contributed by atoms with Crippen LogP contribution in [0.2, 0.25) is 5.02 Å². The van der Waals surface area contributed by atoms with Crippen LogP contribution in [0.1, 0.15) is 19.4 Å². The summed E-state index contributed by atoms with van der Waals surface area (Å²) in [4.78, 5) is 12.6. The molecule has 29 heavy (non-hydrogen) atoms. The molecule has 2 amide bonds. The summed E-state index contributed by atoms with van der Waals surface area (Å²) in [5.41, 5.74) is 0.965. The monoisotopic (exact) mass is 450 g/mol. The molecule has 1 heterocycles. The molecule has 1 unspecified atom stereocenters. The van der Waals surface area contributed by atoms with E-state index in [0.29, 0.717) is 25.7 Å². The average molecular weight is 451 g/mol. The number of rotatable bonds is 4. The molecular formula is C19H19ClN4O3S2. The zero-order chi connectivity index (χ0) is 21.2. The summed E-state index contributed by atoms with van der Waals surface area (Å²) in [6.45, 7) is 3.70. The molecule has 0 saturated carbocycles. The SMILES string of the molecule is CC1(C)SC(=S)N(/N=C/c2ccccc2O)C1N(O)C(=O)Nc1ccc(Cl)cc1. The van der Waals surface area contributed by atoms with E-state index in [1.807, 2.05) is 13.8 Å². The number of amides is 2. The molecule has 1 atom stereocenters. The van der Waals surface area contributed by atoms with Gasteiger partial charge in [-0.05, 0) is 50.2 Å². The van der Waals surface area contributed by atoms with Crippen molar-refractivity contribution in [2.24, 2.45) is 5.10 Å². The molecule has 7 nitrogen and oxygen atoms in total. The lowest BCUT2D eigenvalue weighted by Gasteiger charge is -2.34. The molecule has 3 N–H and O–H groups in total. The maximum Gasteiger partial charge on any atom is 0.347 e. The molecule has 0 spiro atoms. The fraction of sp³-hybridized carbons (Fsp3) is 0.211. The maximum atomic E-state index is 12.6. The number of hydrazone groups is 1. The van der Waals surface area contributed by atoms with Gasteiger partial charge in [-0.1, -0.05) is 47.7 Å². The molecule has 0 radical (unpaired) electrons. The molecule has 1 aliphatic heterocycles. The third-order valence-corrected chi connectivity index (χ3v) is 5.97. The van der Waals surface area contributed by atoms with Gasteiger partial charge in [0.1, 0.15) is 5.75 Å². The number of urea groups is 1. The summed E-state index contributed by atoms with van der Waals surface area (Å²) < 4.78 is -0.246. The van der Waals surface area contributed by atoms with Gasteiger partial charge in [0, 0.05) is 16.3 Å². The van der Waals surface area contributed by atoms with Crippen molar-refractivity contribution in [3.8, 4) is 5.75 Å². The molecule has 0 aliphatic carbocycles. The number of nitrogens with zero attached hydrogens (tertiary/aromatic N) is 3. The number of aromatic hydroxyl groups is 1. The van der Waals surface area contributed by atoms with Gasteiger partial charge in [-0.2, -0.15) is 10.2 Å². The number of thiocarbonyl (C=S) groups is 1. The van der Waals surface area contributed by atoms with Crippen molar-refractivity contribution in [3.63, 3.8) is 0 Å². The Kier molecular flexibility index (Phi) is 6.33. The van der Waals surface area contributed by atoms with Crippen LogP contribution in [0.5, 0.6) is 5.75 Å². The van der Waals surface area contributed by atoms with E-state index in [1.165, 1.54) is 29.1 Å². The number of hydrogen-bond acceptors (Lipinski definition) is 6. The van der Waals surface area contributed by atoms with Gasteiger partial charge in [0.15, 0.2) is 10.5 Å². The first-order valence-electron chi connectivity index (χ1n) is 8.58. The number of phenols is 1. The molecule has 0 bridgehead atoms. The molecule has 1 aliphatic rings. The Bertz CT molecular complexity index is 953.